The fourth-order valence-electron chi connectivity index (χ4n) is 3.16. The predicted molar refractivity (Wildman–Crippen MR) is 120 cm³/mol. The van der Waals surface area contributed by atoms with Gasteiger partial charge in [0.15, 0.2) is 5.82 Å². The number of aryl methyl sites for hydroxylation is 1. The summed E-state index contributed by atoms with van der Waals surface area (Å²) in [6.07, 6.45) is 8.80. The average Bonchev–Trinajstić information content (AvgIpc) is 3.40. The highest BCUT2D eigenvalue weighted by molar-refractivity contribution is 6.32. The van der Waals surface area contributed by atoms with Crippen LogP contribution in [0.3, 0.4) is 0 Å². The zero-order valence-electron chi connectivity index (χ0n) is 17.2. The van der Waals surface area contributed by atoms with Crippen LogP contribution in [-0.2, 0) is 13.6 Å². The van der Waals surface area contributed by atoms with Crippen LogP contribution < -0.4 is 10.6 Å². The molecule has 4 rings (SSSR count). The van der Waals surface area contributed by atoms with Gasteiger partial charge in [0.25, 0.3) is 0 Å². The summed E-state index contributed by atoms with van der Waals surface area (Å²) in [5, 5.41) is 24.3. The van der Waals surface area contributed by atoms with E-state index < -0.39 is 0 Å². The first kappa shape index (κ1) is 20.8. The molecule has 3 heterocycles. The molecule has 31 heavy (non-hydrogen) atoms. The molecular weight excluding hydrogens is 416 g/mol. The Morgan fingerprint density at radius 2 is 2.00 bits per heavy atom. The van der Waals surface area contributed by atoms with Gasteiger partial charge in [0.05, 0.1) is 43.5 Å². The summed E-state index contributed by atoms with van der Waals surface area (Å²) in [6.45, 7) is 2.49. The summed E-state index contributed by atoms with van der Waals surface area (Å²) in [5.41, 5.74) is 3.97. The van der Waals surface area contributed by atoms with E-state index >= 15 is 0 Å². The number of nitrogens with zero attached hydrogens (tertiary/aromatic N) is 6. The minimum atomic E-state index is -0.0378. The van der Waals surface area contributed by atoms with Crippen LogP contribution in [0.1, 0.15) is 18.5 Å². The van der Waals surface area contributed by atoms with E-state index in [-0.39, 0.29) is 12.6 Å². The molecule has 3 aromatic heterocycles. The molecule has 1 atom stereocenters. The van der Waals surface area contributed by atoms with Crippen molar-refractivity contribution in [3.63, 3.8) is 0 Å². The number of benzene rings is 1. The van der Waals surface area contributed by atoms with Gasteiger partial charge in [0.1, 0.15) is 5.02 Å². The van der Waals surface area contributed by atoms with Crippen LogP contribution in [0, 0.1) is 0 Å². The van der Waals surface area contributed by atoms with E-state index in [2.05, 4.69) is 49.0 Å². The van der Waals surface area contributed by atoms with Crippen molar-refractivity contribution in [3.05, 3.63) is 65.8 Å². The second kappa shape index (κ2) is 9.15. The predicted octanol–water partition coefficient (Wildman–Crippen LogP) is 3.64. The lowest BCUT2D eigenvalue weighted by atomic mass is 10.0. The summed E-state index contributed by atoms with van der Waals surface area (Å²) >= 11 is 6.34. The number of rotatable bonds is 8. The van der Waals surface area contributed by atoms with Gasteiger partial charge in [-0.2, -0.15) is 15.2 Å². The second-order valence-corrected chi connectivity index (χ2v) is 7.53. The molecule has 10 heteroatoms. The summed E-state index contributed by atoms with van der Waals surface area (Å²) in [6, 6.07) is 8.22. The Labute approximate surface area is 184 Å². The lowest BCUT2D eigenvalue weighted by Gasteiger charge is -2.17. The standard InChI is InChI=1S/C21H23ClN8O/c1-14(15-4-3-5-16(8-15)17-9-24-29(2)12-17)26-20-19(22)11-23-21(28-20)27-18-10-25-30(13-18)6-7-31/h3-5,8-14,31H,6-7H2,1-2H3,(H2,23,26,27,28). The van der Waals surface area contributed by atoms with Gasteiger partial charge >= 0.3 is 0 Å². The lowest BCUT2D eigenvalue weighted by molar-refractivity contribution is 0.269. The molecule has 0 aliphatic rings. The molecule has 0 bridgehead atoms. The molecule has 0 fully saturated rings. The average molecular weight is 439 g/mol. The third kappa shape index (κ3) is 5.01. The van der Waals surface area contributed by atoms with Crippen molar-refractivity contribution in [3.8, 4) is 11.1 Å². The summed E-state index contributed by atoms with van der Waals surface area (Å²) in [4.78, 5) is 8.74. The monoisotopic (exact) mass is 438 g/mol. The van der Waals surface area contributed by atoms with Gasteiger partial charge in [-0.1, -0.05) is 29.8 Å². The minimum Gasteiger partial charge on any atom is -0.394 e. The number of aromatic nitrogens is 6. The number of hydrogen-bond acceptors (Lipinski definition) is 7. The third-order valence-corrected chi connectivity index (χ3v) is 5.02. The fourth-order valence-corrected chi connectivity index (χ4v) is 3.30. The Kier molecular flexibility index (Phi) is 6.15. The van der Waals surface area contributed by atoms with E-state index in [1.54, 1.807) is 28.0 Å². The van der Waals surface area contributed by atoms with Crippen molar-refractivity contribution in [2.24, 2.45) is 7.05 Å². The van der Waals surface area contributed by atoms with Crippen LogP contribution in [0.25, 0.3) is 11.1 Å². The SMILES string of the molecule is CC(Nc1nc(Nc2cnn(CCO)c2)ncc1Cl)c1cccc(-c2cnn(C)c2)c1. The number of hydrogen-bond donors (Lipinski definition) is 3. The Morgan fingerprint density at radius 1 is 1.13 bits per heavy atom. The van der Waals surface area contributed by atoms with E-state index in [0.717, 1.165) is 22.4 Å². The normalized spacial score (nSPS) is 12.0. The summed E-state index contributed by atoms with van der Waals surface area (Å²) < 4.78 is 3.42. The van der Waals surface area contributed by atoms with Crippen molar-refractivity contribution in [1.29, 1.82) is 0 Å². The van der Waals surface area contributed by atoms with E-state index in [4.69, 9.17) is 16.7 Å². The van der Waals surface area contributed by atoms with Crippen molar-refractivity contribution >= 4 is 29.1 Å². The van der Waals surface area contributed by atoms with Crippen LogP contribution in [-0.4, -0.2) is 41.2 Å². The van der Waals surface area contributed by atoms with Gasteiger partial charge in [-0.15, -0.1) is 0 Å². The van der Waals surface area contributed by atoms with Gasteiger partial charge in [-0.05, 0) is 24.1 Å². The molecule has 1 aromatic carbocycles. The zero-order chi connectivity index (χ0) is 21.8. The highest BCUT2D eigenvalue weighted by Crippen LogP contribution is 2.28. The largest absolute Gasteiger partial charge is 0.394 e. The molecule has 0 aliphatic heterocycles. The number of halogens is 1. The van der Waals surface area contributed by atoms with E-state index in [1.807, 2.05) is 32.4 Å². The quantitative estimate of drug-likeness (QED) is 0.385. The first-order valence-corrected chi connectivity index (χ1v) is 10.2. The van der Waals surface area contributed by atoms with E-state index in [9.17, 15) is 0 Å². The van der Waals surface area contributed by atoms with Gasteiger partial charge in [-0.25, -0.2) is 4.98 Å². The smallest absolute Gasteiger partial charge is 0.229 e. The highest BCUT2D eigenvalue weighted by atomic mass is 35.5. The molecule has 1 unspecified atom stereocenters. The lowest BCUT2D eigenvalue weighted by Crippen LogP contribution is -2.10. The maximum atomic E-state index is 9.01. The fraction of sp³-hybridized carbons (Fsp3) is 0.238. The van der Waals surface area contributed by atoms with E-state index in [0.29, 0.717) is 23.3 Å². The molecule has 0 radical (unpaired) electrons. The third-order valence-electron chi connectivity index (χ3n) is 4.74. The molecular formula is C21H23ClN8O. The van der Waals surface area contributed by atoms with Gasteiger partial charge in [0, 0.05) is 25.0 Å². The van der Waals surface area contributed by atoms with Crippen molar-refractivity contribution in [1.82, 2.24) is 29.5 Å². The molecule has 160 valence electrons. The van der Waals surface area contributed by atoms with Crippen molar-refractivity contribution in [2.45, 2.75) is 19.5 Å². The number of aliphatic hydroxyl groups is 1. The second-order valence-electron chi connectivity index (χ2n) is 7.13. The Morgan fingerprint density at radius 3 is 2.77 bits per heavy atom. The molecule has 4 aromatic rings. The van der Waals surface area contributed by atoms with Crippen LogP contribution in [0.5, 0.6) is 0 Å². The first-order chi connectivity index (χ1) is 15.0. The van der Waals surface area contributed by atoms with E-state index in [1.165, 1.54) is 0 Å². The molecule has 0 amide bonds. The molecule has 3 N–H and O–H groups in total. The van der Waals surface area contributed by atoms with Crippen molar-refractivity contribution < 1.29 is 5.11 Å². The summed E-state index contributed by atoms with van der Waals surface area (Å²) in [7, 11) is 1.90. The van der Waals surface area contributed by atoms with Crippen LogP contribution in [0.15, 0.2) is 55.2 Å². The summed E-state index contributed by atoms with van der Waals surface area (Å²) in [5.74, 6) is 0.924. The van der Waals surface area contributed by atoms with Gasteiger partial charge in [-0.3, -0.25) is 9.36 Å². The van der Waals surface area contributed by atoms with Crippen LogP contribution >= 0.6 is 11.6 Å². The number of anilines is 3. The van der Waals surface area contributed by atoms with Crippen molar-refractivity contribution in [2.75, 3.05) is 17.2 Å². The highest BCUT2D eigenvalue weighted by Gasteiger charge is 2.12. The minimum absolute atomic E-state index is 0.0203. The molecule has 0 saturated heterocycles. The maximum Gasteiger partial charge on any atom is 0.229 e. The first-order valence-electron chi connectivity index (χ1n) is 9.80. The van der Waals surface area contributed by atoms with Gasteiger partial charge in [0.2, 0.25) is 5.95 Å². The molecule has 0 saturated carbocycles. The van der Waals surface area contributed by atoms with Crippen LogP contribution in [0.2, 0.25) is 5.02 Å². The Bertz CT molecular complexity index is 1170. The molecule has 9 nitrogen and oxygen atoms in total. The maximum absolute atomic E-state index is 9.01. The Hall–Kier alpha value is -3.43. The molecule has 0 spiro atoms. The molecule has 0 aliphatic carbocycles. The number of aliphatic hydroxyl groups excluding tert-OH is 1. The number of nitrogens with one attached hydrogen (secondary N) is 2. The van der Waals surface area contributed by atoms with Gasteiger partial charge < -0.3 is 15.7 Å². The zero-order valence-corrected chi connectivity index (χ0v) is 18.0. The van der Waals surface area contributed by atoms with Crippen LogP contribution in [0.4, 0.5) is 17.5 Å². The topological polar surface area (TPSA) is 106 Å². The Balaban J connectivity index is 1.50.